The van der Waals surface area contributed by atoms with Crippen molar-refractivity contribution in [1.82, 2.24) is 4.31 Å². The van der Waals surface area contributed by atoms with E-state index in [1.807, 2.05) is 6.07 Å². The molecule has 0 radical (unpaired) electrons. The Kier molecular flexibility index (Phi) is 6.40. The predicted octanol–water partition coefficient (Wildman–Crippen LogP) is 4.29. The first kappa shape index (κ1) is 21.4. The second kappa shape index (κ2) is 8.99. The van der Waals surface area contributed by atoms with E-state index in [0.29, 0.717) is 22.3 Å². The van der Waals surface area contributed by atoms with Gasteiger partial charge in [0, 0.05) is 18.7 Å². The molecule has 0 atom stereocenters. The molecule has 0 unspecified atom stereocenters. The molecule has 0 bridgehead atoms. The summed E-state index contributed by atoms with van der Waals surface area (Å²) >= 11 is 0. The fourth-order valence-electron chi connectivity index (χ4n) is 2.92. The molecule has 7 heteroatoms. The number of sulfonamides is 1. The van der Waals surface area contributed by atoms with Crippen molar-refractivity contribution >= 4 is 15.8 Å². The minimum Gasteiger partial charge on any atom is -0.295 e. The molecule has 3 aromatic carbocycles. The molecule has 5 nitrogen and oxygen atoms in total. The summed E-state index contributed by atoms with van der Waals surface area (Å²) in [6, 6.07) is 20.1. The first-order valence-corrected chi connectivity index (χ1v) is 10.6. The van der Waals surface area contributed by atoms with E-state index < -0.39 is 15.8 Å². The lowest BCUT2D eigenvalue weighted by atomic mass is 10.1. The number of nitrogens with zero attached hydrogens (tertiary/aromatic N) is 2. The molecular formula is C23H19FN2O3S. The van der Waals surface area contributed by atoms with E-state index in [1.165, 1.54) is 59.8 Å². The van der Waals surface area contributed by atoms with E-state index in [0.717, 1.165) is 0 Å². The summed E-state index contributed by atoms with van der Waals surface area (Å²) in [5, 5.41) is 8.96. The highest BCUT2D eigenvalue weighted by atomic mass is 32.2. The molecule has 0 saturated carbocycles. The lowest BCUT2D eigenvalue weighted by molar-refractivity contribution is 0.101. The number of hydrogen-bond donors (Lipinski definition) is 0. The van der Waals surface area contributed by atoms with Crippen LogP contribution in [0, 0.1) is 17.1 Å². The minimum atomic E-state index is -3.90. The molecule has 0 aliphatic rings. The normalized spacial score (nSPS) is 11.3. The van der Waals surface area contributed by atoms with E-state index in [-0.39, 0.29) is 23.8 Å². The molecule has 30 heavy (non-hydrogen) atoms. The van der Waals surface area contributed by atoms with Crippen molar-refractivity contribution in [2.75, 3.05) is 0 Å². The Morgan fingerprint density at radius 1 is 0.900 bits per heavy atom. The zero-order chi connectivity index (χ0) is 21.7. The Morgan fingerprint density at radius 3 is 1.87 bits per heavy atom. The highest BCUT2D eigenvalue weighted by molar-refractivity contribution is 7.89. The van der Waals surface area contributed by atoms with Gasteiger partial charge >= 0.3 is 0 Å². The van der Waals surface area contributed by atoms with Crippen LogP contribution in [0.5, 0.6) is 0 Å². The summed E-state index contributed by atoms with van der Waals surface area (Å²) in [6.45, 7) is 1.52. The zero-order valence-electron chi connectivity index (χ0n) is 16.2. The van der Waals surface area contributed by atoms with Crippen molar-refractivity contribution in [3.8, 4) is 6.07 Å². The number of carbonyl (C=O) groups excluding carboxylic acids is 1. The number of nitriles is 1. The monoisotopic (exact) mass is 422 g/mol. The van der Waals surface area contributed by atoms with Crippen LogP contribution in [0.15, 0.2) is 77.7 Å². The van der Waals surface area contributed by atoms with E-state index in [1.54, 1.807) is 24.3 Å². The number of halogens is 1. The predicted molar refractivity (Wildman–Crippen MR) is 110 cm³/mol. The molecule has 0 N–H and O–H groups in total. The Bertz CT molecular complexity index is 1180. The largest absolute Gasteiger partial charge is 0.295 e. The third-order valence-corrected chi connectivity index (χ3v) is 6.42. The van der Waals surface area contributed by atoms with Gasteiger partial charge in [-0.1, -0.05) is 36.4 Å². The fraction of sp³-hybridized carbons (Fsp3) is 0.130. The molecule has 152 valence electrons. The van der Waals surface area contributed by atoms with Crippen molar-refractivity contribution in [1.29, 1.82) is 5.26 Å². The number of ketones is 1. The summed E-state index contributed by atoms with van der Waals surface area (Å²) in [7, 11) is -3.90. The summed E-state index contributed by atoms with van der Waals surface area (Å²) in [6.07, 6.45) is 0. The SMILES string of the molecule is CC(=O)c1ccc(S(=O)(=O)N(Cc2ccc(F)cc2)Cc2ccc(C#N)cc2)cc1. The molecule has 3 rings (SSSR count). The van der Waals surface area contributed by atoms with Gasteiger partial charge in [-0.25, -0.2) is 12.8 Å². The van der Waals surface area contributed by atoms with Crippen LogP contribution in [0.1, 0.15) is 34.0 Å². The standard InChI is InChI=1S/C23H19FN2O3S/c1-17(27)21-8-12-23(13-9-21)30(28,29)26(16-20-6-10-22(24)11-7-20)15-19-4-2-18(14-25)3-5-19/h2-13H,15-16H2,1H3. The molecule has 3 aromatic rings. The molecular weight excluding hydrogens is 403 g/mol. The maximum absolute atomic E-state index is 13.3. The van der Waals surface area contributed by atoms with E-state index in [2.05, 4.69) is 0 Å². The van der Waals surface area contributed by atoms with Crippen LogP contribution in [0.2, 0.25) is 0 Å². The second-order valence-electron chi connectivity index (χ2n) is 6.79. The number of carbonyl (C=O) groups is 1. The van der Waals surface area contributed by atoms with Gasteiger partial charge in [-0.15, -0.1) is 0 Å². The topological polar surface area (TPSA) is 78.2 Å². The molecule has 0 aromatic heterocycles. The van der Waals surface area contributed by atoms with Crippen molar-refractivity contribution < 1.29 is 17.6 Å². The van der Waals surface area contributed by atoms with Gasteiger partial charge in [0.15, 0.2) is 5.78 Å². The number of rotatable bonds is 7. The first-order chi connectivity index (χ1) is 14.3. The van der Waals surface area contributed by atoms with Crippen LogP contribution >= 0.6 is 0 Å². The number of benzene rings is 3. The van der Waals surface area contributed by atoms with Gasteiger partial charge in [-0.3, -0.25) is 4.79 Å². The van der Waals surface area contributed by atoms with E-state index in [9.17, 15) is 17.6 Å². The maximum atomic E-state index is 13.3. The summed E-state index contributed by atoms with van der Waals surface area (Å²) in [4.78, 5) is 11.5. The van der Waals surface area contributed by atoms with Crippen LogP contribution < -0.4 is 0 Å². The third-order valence-electron chi connectivity index (χ3n) is 4.61. The molecule has 0 aliphatic heterocycles. The number of Topliss-reactive ketones (excluding diaryl/α,β-unsaturated/α-hetero) is 1. The van der Waals surface area contributed by atoms with Gasteiger partial charge in [-0.2, -0.15) is 9.57 Å². The summed E-state index contributed by atoms with van der Waals surface area (Å²) in [5.74, 6) is -0.556. The van der Waals surface area contributed by atoms with Crippen LogP contribution in [0.3, 0.4) is 0 Å². The van der Waals surface area contributed by atoms with Crippen molar-refractivity contribution in [2.24, 2.45) is 0 Å². The average Bonchev–Trinajstić information content (AvgIpc) is 2.75. The lowest BCUT2D eigenvalue weighted by Crippen LogP contribution is -2.30. The Morgan fingerprint density at radius 2 is 1.40 bits per heavy atom. The van der Waals surface area contributed by atoms with Crippen molar-refractivity contribution in [3.05, 3.63) is 101 Å². The molecule has 0 fully saturated rings. The number of hydrogen-bond acceptors (Lipinski definition) is 4. The smallest absolute Gasteiger partial charge is 0.243 e. The minimum absolute atomic E-state index is 0.0388. The molecule has 0 saturated heterocycles. The molecule has 0 amide bonds. The summed E-state index contributed by atoms with van der Waals surface area (Å²) < 4.78 is 41.2. The van der Waals surface area contributed by atoms with E-state index >= 15 is 0 Å². The fourth-order valence-corrected chi connectivity index (χ4v) is 4.33. The van der Waals surface area contributed by atoms with Crippen LogP contribution in [-0.2, 0) is 23.1 Å². The molecule has 0 aliphatic carbocycles. The average molecular weight is 422 g/mol. The third kappa shape index (κ3) is 4.98. The maximum Gasteiger partial charge on any atom is 0.243 e. The van der Waals surface area contributed by atoms with Crippen LogP contribution in [-0.4, -0.2) is 18.5 Å². The molecule has 0 spiro atoms. The summed E-state index contributed by atoms with van der Waals surface area (Å²) in [5.41, 5.74) is 2.24. The van der Waals surface area contributed by atoms with Crippen molar-refractivity contribution in [3.63, 3.8) is 0 Å². The first-order valence-electron chi connectivity index (χ1n) is 9.14. The lowest BCUT2D eigenvalue weighted by Gasteiger charge is -2.23. The Labute approximate surface area is 175 Å². The van der Waals surface area contributed by atoms with Gasteiger partial charge in [0.25, 0.3) is 0 Å². The van der Waals surface area contributed by atoms with Crippen LogP contribution in [0.25, 0.3) is 0 Å². The zero-order valence-corrected chi connectivity index (χ0v) is 17.1. The van der Waals surface area contributed by atoms with Gasteiger partial charge in [0.2, 0.25) is 10.0 Å². The van der Waals surface area contributed by atoms with Gasteiger partial charge in [0.05, 0.1) is 16.5 Å². The Balaban J connectivity index is 1.96. The second-order valence-corrected chi connectivity index (χ2v) is 8.73. The quantitative estimate of drug-likeness (QED) is 0.532. The highest BCUT2D eigenvalue weighted by Gasteiger charge is 2.25. The van der Waals surface area contributed by atoms with Gasteiger partial charge < -0.3 is 0 Å². The molecule has 0 heterocycles. The van der Waals surface area contributed by atoms with Crippen LogP contribution in [0.4, 0.5) is 4.39 Å². The van der Waals surface area contributed by atoms with Gasteiger partial charge in [0.1, 0.15) is 5.82 Å². The Hall–Kier alpha value is -3.34. The van der Waals surface area contributed by atoms with E-state index in [4.69, 9.17) is 5.26 Å². The van der Waals surface area contributed by atoms with Gasteiger partial charge in [-0.05, 0) is 54.4 Å². The van der Waals surface area contributed by atoms with Crippen molar-refractivity contribution in [2.45, 2.75) is 24.9 Å². The highest BCUT2D eigenvalue weighted by Crippen LogP contribution is 2.22.